The number of para-hydroxylation sites is 2. The van der Waals surface area contributed by atoms with Gasteiger partial charge in [-0.15, -0.1) is 0 Å². The lowest BCUT2D eigenvalue weighted by Gasteiger charge is -2.10. The normalized spacial score (nSPS) is 10.8. The van der Waals surface area contributed by atoms with Gasteiger partial charge >= 0.3 is 0 Å². The van der Waals surface area contributed by atoms with Crippen molar-refractivity contribution in [1.29, 1.82) is 0 Å². The molecule has 0 aliphatic heterocycles. The Balaban J connectivity index is 0.000000166. The van der Waals surface area contributed by atoms with Gasteiger partial charge in [0.1, 0.15) is 20.5 Å². The fourth-order valence-corrected chi connectivity index (χ4v) is 3.81. The summed E-state index contributed by atoms with van der Waals surface area (Å²) in [5.41, 5.74) is 9.37. The van der Waals surface area contributed by atoms with Crippen LogP contribution in [-0.4, -0.2) is 27.5 Å². The molecule has 0 aliphatic rings. The quantitative estimate of drug-likeness (QED) is 0.120. The summed E-state index contributed by atoms with van der Waals surface area (Å²) < 4.78 is 12.5. The van der Waals surface area contributed by atoms with Crippen molar-refractivity contribution < 1.29 is 14.1 Å². The van der Waals surface area contributed by atoms with Crippen LogP contribution in [0.5, 0.6) is 5.75 Å². The molecule has 2 N–H and O–H groups in total. The van der Waals surface area contributed by atoms with Crippen molar-refractivity contribution in [2.24, 2.45) is 0 Å². The maximum Gasteiger partial charge on any atom is 0.214 e. The van der Waals surface area contributed by atoms with Crippen LogP contribution < -0.4 is 10.5 Å². The Morgan fingerprint density at radius 3 is 2.16 bits per heavy atom. The van der Waals surface area contributed by atoms with E-state index >= 15 is 0 Å². The minimum absolute atomic E-state index is 0.312. The van der Waals surface area contributed by atoms with Gasteiger partial charge < -0.3 is 14.9 Å². The van der Waals surface area contributed by atoms with Crippen LogP contribution in [0.15, 0.2) is 86.7 Å². The largest absolute Gasteiger partial charge is 0.496 e. The van der Waals surface area contributed by atoms with Gasteiger partial charge in [0.15, 0.2) is 5.58 Å². The summed E-state index contributed by atoms with van der Waals surface area (Å²) in [5, 5.41) is 12.1. The van der Waals surface area contributed by atoms with Gasteiger partial charge in [-0.1, -0.05) is 36.4 Å². The van der Waals surface area contributed by atoms with Gasteiger partial charge in [0.05, 0.1) is 25.2 Å². The molecule has 0 spiro atoms. The Kier molecular flexibility index (Phi) is 9.23. The molecule has 0 aliphatic carbocycles. The number of nitro groups is 1. The number of halogens is 2. The van der Waals surface area contributed by atoms with Gasteiger partial charge in [0.25, 0.3) is 0 Å². The first-order valence-electron chi connectivity index (χ1n) is 11.1. The number of anilines is 1. The molecular weight excluding hydrogens is 604 g/mol. The zero-order valence-corrected chi connectivity index (χ0v) is 23.9. The van der Waals surface area contributed by atoms with Gasteiger partial charge in [-0.05, 0) is 56.1 Å². The number of aromatic nitrogens is 2. The van der Waals surface area contributed by atoms with Gasteiger partial charge in [0.2, 0.25) is 5.54 Å². The Morgan fingerprint density at radius 2 is 1.49 bits per heavy atom. The molecule has 0 fully saturated rings. The number of hydrogen-bond acceptors (Lipinski definition) is 7. The van der Waals surface area contributed by atoms with E-state index < -0.39 is 5.54 Å². The van der Waals surface area contributed by atoms with Crippen LogP contribution in [0.1, 0.15) is 20.8 Å². The van der Waals surface area contributed by atoms with Crippen LogP contribution in [0.4, 0.5) is 5.69 Å². The third-order valence-corrected chi connectivity index (χ3v) is 5.94. The van der Waals surface area contributed by atoms with E-state index in [-0.39, 0.29) is 4.92 Å². The number of furan rings is 1. The molecule has 0 saturated carbocycles. The minimum Gasteiger partial charge on any atom is -0.496 e. The van der Waals surface area contributed by atoms with Crippen molar-refractivity contribution in [1.82, 2.24) is 9.97 Å². The van der Waals surface area contributed by atoms with Crippen molar-refractivity contribution in [3.05, 3.63) is 92.4 Å². The van der Waals surface area contributed by atoms with E-state index in [2.05, 4.69) is 41.8 Å². The Bertz CT molecular complexity index is 1530. The van der Waals surface area contributed by atoms with Crippen LogP contribution in [0, 0.1) is 10.1 Å². The van der Waals surface area contributed by atoms with E-state index in [1.54, 1.807) is 40.3 Å². The molecule has 5 rings (SSSR count). The number of nitrogens with zero attached hydrogens (tertiary/aromatic N) is 3. The molecule has 0 radical (unpaired) electrons. The number of hydrogen-bond donors (Lipinski definition) is 1. The molecule has 2 aromatic carbocycles. The van der Waals surface area contributed by atoms with E-state index in [9.17, 15) is 10.1 Å². The minimum atomic E-state index is -0.778. The van der Waals surface area contributed by atoms with Crippen LogP contribution in [0.25, 0.3) is 33.1 Å². The molecule has 8 nitrogen and oxygen atoms in total. The van der Waals surface area contributed by atoms with Gasteiger partial charge in [0, 0.05) is 47.6 Å². The van der Waals surface area contributed by atoms with Crippen molar-refractivity contribution in [2.75, 3.05) is 12.8 Å². The summed E-state index contributed by atoms with van der Waals surface area (Å²) in [4.78, 5) is 17.7. The second-order valence-corrected chi connectivity index (χ2v) is 10.4. The van der Waals surface area contributed by atoms with E-state index in [4.69, 9.17) is 14.9 Å². The number of nitrogens with two attached hydrogens (primary N) is 1. The highest BCUT2D eigenvalue weighted by atomic mass is 79.9. The summed E-state index contributed by atoms with van der Waals surface area (Å²) in [7, 11) is 1.64. The van der Waals surface area contributed by atoms with Crippen molar-refractivity contribution >= 4 is 59.5 Å². The number of fused-ring (bicyclic) bond motifs is 3. The maximum atomic E-state index is 9.83. The van der Waals surface area contributed by atoms with Crippen LogP contribution >= 0.6 is 31.9 Å². The Labute approximate surface area is 231 Å². The molecule has 5 aromatic rings. The van der Waals surface area contributed by atoms with E-state index in [0.29, 0.717) is 5.69 Å². The number of benzene rings is 2. The van der Waals surface area contributed by atoms with E-state index in [0.717, 1.165) is 48.0 Å². The van der Waals surface area contributed by atoms with Crippen LogP contribution in [0.2, 0.25) is 0 Å². The molecule has 0 atom stereocenters. The zero-order chi connectivity index (χ0) is 27.2. The van der Waals surface area contributed by atoms with Crippen LogP contribution in [0.3, 0.4) is 0 Å². The number of pyridine rings is 2. The monoisotopic (exact) mass is 628 g/mol. The SMILES string of the molecule is Brc1cc2c(cn1)oc1ccccc12.CC(C)(C)[N+](=O)[O-].COc1ccccc1-c1cc(Br)ncc1N. The summed E-state index contributed by atoms with van der Waals surface area (Å²) in [5.74, 6) is 0.798. The first-order valence-corrected chi connectivity index (χ1v) is 12.7. The lowest BCUT2D eigenvalue weighted by Crippen LogP contribution is -2.25. The lowest BCUT2D eigenvalue weighted by molar-refractivity contribution is -0.555. The smallest absolute Gasteiger partial charge is 0.214 e. The van der Waals surface area contributed by atoms with Gasteiger partial charge in [-0.25, -0.2) is 9.97 Å². The average molecular weight is 630 g/mol. The van der Waals surface area contributed by atoms with E-state index in [1.807, 2.05) is 60.7 Å². The molecule has 10 heteroatoms. The lowest BCUT2D eigenvalue weighted by atomic mass is 10.0. The third-order valence-electron chi connectivity index (χ3n) is 5.08. The zero-order valence-electron chi connectivity index (χ0n) is 20.7. The van der Waals surface area contributed by atoms with Crippen molar-refractivity contribution in [3.63, 3.8) is 0 Å². The van der Waals surface area contributed by atoms with E-state index in [1.165, 1.54) is 0 Å². The highest BCUT2D eigenvalue weighted by Crippen LogP contribution is 2.34. The Hall–Kier alpha value is -3.50. The molecule has 3 aromatic heterocycles. The topological polar surface area (TPSA) is 117 Å². The molecule has 3 heterocycles. The first-order chi connectivity index (χ1) is 17.5. The summed E-state index contributed by atoms with van der Waals surface area (Å²) in [6.45, 7) is 4.69. The molecule has 192 valence electrons. The maximum absolute atomic E-state index is 9.83. The van der Waals surface area contributed by atoms with Gasteiger partial charge in [-0.2, -0.15) is 0 Å². The Morgan fingerprint density at radius 1 is 0.892 bits per heavy atom. The first kappa shape index (κ1) is 28.1. The summed E-state index contributed by atoms with van der Waals surface area (Å²) in [6, 6.07) is 19.6. The van der Waals surface area contributed by atoms with Crippen molar-refractivity contribution in [2.45, 2.75) is 26.3 Å². The number of ether oxygens (including phenoxy) is 1. The molecule has 0 saturated heterocycles. The second kappa shape index (κ2) is 12.2. The highest BCUT2D eigenvalue weighted by Gasteiger charge is 2.21. The fraction of sp³-hybridized carbons (Fsp3) is 0.185. The summed E-state index contributed by atoms with van der Waals surface area (Å²) >= 11 is 6.68. The fourth-order valence-electron chi connectivity index (χ4n) is 3.15. The predicted molar refractivity (Wildman–Crippen MR) is 154 cm³/mol. The standard InChI is InChI=1S/C12H11BrN2O.C11H6BrNO.C4H9NO2/c1-16-11-5-3-2-4-8(11)9-6-12(13)15-7-10(9)14;12-11-5-8-7-3-1-2-4-9(7)14-10(8)6-13-11;1-4(2,3)5(6)7/h2-7H,14H2,1H3;1-6H;1-3H3. The number of nitrogen functional groups attached to an aromatic ring is 1. The number of methoxy groups -OCH3 is 1. The third kappa shape index (κ3) is 7.27. The average Bonchev–Trinajstić information content (AvgIpc) is 3.23. The molecular formula is C27H26Br2N4O4. The molecule has 0 amide bonds. The predicted octanol–water partition coefficient (Wildman–Crippen LogP) is 7.91. The summed E-state index contributed by atoms with van der Waals surface area (Å²) in [6.07, 6.45) is 3.37. The molecule has 0 bridgehead atoms. The highest BCUT2D eigenvalue weighted by molar-refractivity contribution is 9.10. The van der Waals surface area contributed by atoms with Crippen molar-refractivity contribution in [3.8, 4) is 16.9 Å². The van der Waals surface area contributed by atoms with Crippen LogP contribution in [-0.2, 0) is 0 Å². The number of rotatable bonds is 2. The molecule has 37 heavy (non-hydrogen) atoms. The second-order valence-electron chi connectivity index (χ2n) is 8.82. The van der Waals surface area contributed by atoms with Gasteiger partial charge in [-0.3, -0.25) is 10.1 Å². The molecule has 0 unspecified atom stereocenters.